The van der Waals surface area contributed by atoms with Gasteiger partial charge in [0.2, 0.25) is 0 Å². The molecule has 1 saturated carbocycles. The largest absolute Gasteiger partial charge is 0.326 e. The number of hydrogen-bond acceptors (Lipinski definition) is 2. The van der Waals surface area contributed by atoms with Crippen molar-refractivity contribution in [3.8, 4) is 0 Å². The molecule has 2 heteroatoms. The summed E-state index contributed by atoms with van der Waals surface area (Å²) in [6, 6.07) is 0.440. The SMILES string of the molecule is CCCC(N)C(N)C1(C)CC1. The fourth-order valence-electron chi connectivity index (χ4n) is 1.56. The molecule has 4 N–H and O–H groups in total. The van der Waals surface area contributed by atoms with E-state index in [4.69, 9.17) is 11.5 Å². The molecule has 1 aliphatic carbocycles. The van der Waals surface area contributed by atoms with Crippen molar-refractivity contribution in [1.82, 2.24) is 0 Å². The number of rotatable bonds is 4. The summed E-state index contributed by atoms with van der Waals surface area (Å²) < 4.78 is 0. The standard InChI is InChI=1S/C9H20N2/c1-3-4-7(10)8(11)9(2)5-6-9/h7-8H,3-6,10-11H2,1-2H3. The Labute approximate surface area is 69.3 Å². The molecule has 0 aromatic rings. The first-order valence-corrected chi connectivity index (χ1v) is 4.61. The molecular formula is C9H20N2. The Morgan fingerprint density at radius 3 is 2.27 bits per heavy atom. The van der Waals surface area contributed by atoms with Crippen LogP contribution in [0, 0.1) is 5.41 Å². The lowest BCUT2D eigenvalue weighted by molar-refractivity contribution is 0.356. The highest BCUT2D eigenvalue weighted by Gasteiger charge is 2.44. The molecule has 66 valence electrons. The lowest BCUT2D eigenvalue weighted by Crippen LogP contribution is -2.46. The van der Waals surface area contributed by atoms with E-state index in [9.17, 15) is 0 Å². The molecule has 0 spiro atoms. The molecule has 2 atom stereocenters. The van der Waals surface area contributed by atoms with E-state index >= 15 is 0 Å². The third-order valence-electron chi connectivity index (χ3n) is 2.93. The molecule has 0 aliphatic heterocycles. The highest BCUT2D eigenvalue weighted by molar-refractivity contribution is 5.01. The summed E-state index contributed by atoms with van der Waals surface area (Å²) in [4.78, 5) is 0. The van der Waals surface area contributed by atoms with Gasteiger partial charge in [0.1, 0.15) is 0 Å². The van der Waals surface area contributed by atoms with Crippen molar-refractivity contribution < 1.29 is 0 Å². The third-order valence-corrected chi connectivity index (χ3v) is 2.93. The van der Waals surface area contributed by atoms with Crippen LogP contribution >= 0.6 is 0 Å². The predicted molar refractivity (Wildman–Crippen MR) is 48.2 cm³/mol. The van der Waals surface area contributed by atoms with Gasteiger partial charge in [0, 0.05) is 12.1 Å². The van der Waals surface area contributed by atoms with Crippen LogP contribution < -0.4 is 11.5 Å². The second-order valence-electron chi connectivity index (χ2n) is 4.13. The van der Waals surface area contributed by atoms with Gasteiger partial charge in [-0.25, -0.2) is 0 Å². The van der Waals surface area contributed by atoms with E-state index in [-0.39, 0.29) is 12.1 Å². The van der Waals surface area contributed by atoms with Crippen molar-refractivity contribution >= 4 is 0 Å². The van der Waals surface area contributed by atoms with E-state index in [0.29, 0.717) is 5.41 Å². The van der Waals surface area contributed by atoms with Crippen molar-refractivity contribution in [1.29, 1.82) is 0 Å². The van der Waals surface area contributed by atoms with Gasteiger partial charge in [0.05, 0.1) is 0 Å². The summed E-state index contributed by atoms with van der Waals surface area (Å²) in [5.74, 6) is 0. The fraction of sp³-hybridized carbons (Fsp3) is 1.00. The maximum absolute atomic E-state index is 6.02. The van der Waals surface area contributed by atoms with Gasteiger partial charge in [0.15, 0.2) is 0 Å². The molecule has 11 heavy (non-hydrogen) atoms. The molecule has 0 amide bonds. The first-order chi connectivity index (χ1) is 5.10. The van der Waals surface area contributed by atoms with E-state index in [1.54, 1.807) is 0 Å². The van der Waals surface area contributed by atoms with Crippen molar-refractivity contribution in [3.05, 3.63) is 0 Å². The van der Waals surface area contributed by atoms with Crippen LogP contribution in [-0.4, -0.2) is 12.1 Å². The minimum atomic E-state index is 0.215. The number of hydrogen-bond donors (Lipinski definition) is 2. The molecule has 1 fully saturated rings. The molecule has 1 rings (SSSR count). The average molecular weight is 156 g/mol. The summed E-state index contributed by atoms with van der Waals surface area (Å²) >= 11 is 0. The molecule has 0 aromatic carbocycles. The van der Waals surface area contributed by atoms with Crippen LogP contribution in [0.15, 0.2) is 0 Å². The van der Waals surface area contributed by atoms with E-state index < -0.39 is 0 Å². The molecule has 2 unspecified atom stereocenters. The summed E-state index contributed by atoms with van der Waals surface area (Å²) in [7, 11) is 0. The number of nitrogens with two attached hydrogens (primary N) is 2. The van der Waals surface area contributed by atoms with Gasteiger partial charge in [-0.05, 0) is 24.7 Å². The van der Waals surface area contributed by atoms with Gasteiger partial charge in [-0.3, -0.25) is 0 Å². The molecule has 0 saturated heterocycles. The smallest absolute Gasteiger partial charge is 0.0246 e. The van der Waals surface area contributed by atoms with Crippen molar-refractivity contribution in [2.45, 2.75) is 51.6 Å². The van der Waals surface area contributed by atoms with Crippen molar-refractivity contribution in [3.63, 3.8) is 0 Å². The zero-order valence-electron chi connectivity index (χ0n) is 7.64. The van der Waals surface area contributed by atoms with Crippen LogP contribution in [0.1, 0.15) is 39.5 Å². The van der Waals surface area contributed by atoms with Crippen LogP contribution in [0.4, 0.5) is 0 Å². The first kappa shape index (κ1) is 9.01. The lowest BCUT2D eigenvalue weighted by atomic mass is 9.91. The molecular weight excluding hydrogens is 136 g/mol. The maximum Gasteiger partial charge on any atom is 0.0246 e. The highest BCUT2D eigenvalue weighted by Crippen LogP contribution is 2.48. The molecule has 2 nitrogen and oxygen atoms in total. The van der Waals surface area contributed by atoms with Crippen LogP contribution in [0.2, 0.25) is 0 Å². The lowest BCUT2D eigenvalue weighted by Gasteiger charge is -2.25. The quantitative estimate of drug-likeness (QED) is 0.643. The molecule has 0 bridgehead atoms. The summed E-state index contributed by atoms with van der Waals surface area (Å²) in [6.45, 7) is 4.40. The van der Waals surface area contributed by atoms with Gasteiger partial charge in [-0.2, -0.15) is 0 Å². The third kappa shape index (κ3) is 1.94. The summed E-state index contributed by atoms with van der Waals surface area (Å²) in [5.41, 5.74) is 12.3. The second-order valence-corrected chi connectivity index (χ2v) is 4.13. The van der Waals surface area contributed by atoms with E-state index in [2.05, 4.69) is 13.8 Å². The van der Waals surface area contributed by atoms with Gasteiger partial charge in [-0.15, -0.1) is 0 Å². The monoisotopic (exact) mass is 156 g/mol. The zero-order chi connectivity index (χ0) is 8.48. The Morgan fingerprint density at radius 2 is 1.91 bits per heavy atom. The second kappa shape index (κ2) is 3.11. The van der Waals surface area contributed by atoms with E-state index in [1.165, 1.54) is 12.8 Å². The van der Waals surface area contributed by atoms with Gasteiger partial charge < -0.3 is 11.5 Å². The molecule has 0 radical (unpaired) electrons. The van der Waals surface area contributed by atoms with Gasteiger partial charge in [-0.1, -0.05) is 20.3 Å². The normalized spacial score (nSPS) is 26.2. The summed E-state index contributed by atoms with van der Waals surface area (Å²) in [5, 5.41) is 0. The topological polar surface area (TPSA) is 52.0 Å². The Balaban J connectivity index is 2.34. The minimum absolute atomic E-state index is 0.215. The Bertz CT molecular complexity index is 130. The zero-order valence-corrected chi connectivity index (χ0v) is 7.64. The predicted octanol–water partition coefficient (Wildman–Crippen LogP) is 1.24. The maximum atomic E-state index is 6.02. The molecule has 0 aromatic heterocycles. The average Bonchev–Trinajstić information content (AvgIpc) is 2.68. The van der Waals surface area contributed by atoms with Crippen LogP contribution in [0.3, 0.4) is 0 Å². The van der Waals surface area contributed by atoms with Crippen molar-refractivity contribution in [2.75, 3.05) is 0 Å². The molecule has 0 heterocycles. The Morgan fingerprint density at radius 1 is 1.36 bits per heavy atom. The Hall–Kier alpha value is -0.0800. The van der Waals surface area contributed by atoms with Gasteiger partial charge in [0.25, 0.3) is 0 Å². The van der Waals surface area contributed by atoms with Crippen molar-refractivity contribution in [2.24, 2.45) is 16.9 Å². The summed E-state index contributed by atoms with van der Waals surface area (Å²) in [6.07, 6.45) is 4.75. The minimum Gasteiger partial charge on any atom is -0.326 e. The van der Waals surface area contributed by atoms with Crippen LogP contribution in [0.25, 0.3) is 0 Å². The van der Waals surface area contributed by atoms with E-state index in [1.807, 2.05) is 0 Å². The first-order valence-electron chi connectivity index (χ1n) is 4.61. The van der Waals surface area contributed by atoms with Crippen LogP contribution in [0.5, 0.6) is 0 Å². The van der Waals surface area contributed by atoms with Gasteiger partial charge >= 0.3 is 0 Å². The molecule has 1 aliphatic rings. The highest BCUT2D eigenvalue weighted by atomic mass is 14.8. The Kier molecular flexibility index (Phi) is 2.55. The fourth-order valence-corrected chi connectivity index (χ4v) is 1.56. The van der Waals surface area contributed by atoms with E-state index in [0.717, 1.165) is 12.8 Å². The van der Waals surface area contributed by atoms with Crippen LogP contribution in [-0.2, 0) is 0 Å².